The fourth-order valence-electron chi connectivity index (χ4n) is 2.50. The Kier molecular flexibility index (Phi) is 4.05. The van der Waals surface area contributed by atoms with E-state index in [0.29, 0.717) is 12.5 Å². The first-order chi connectivity index (χ1) is 8.06. The molecule has 1 amide bonds. The molecule has 2 atom stereocenters. The van der Waals surface area contributed by atoms with Gasteiger partial charge in [0.05, 0.1) is 12.6 Å². The van der Waals surface area contributed by atoms with Crippen molar-refractivity contribution in [1.82, 2.24) is 9.80 Å². The van der Waals surface area contributed by atoms with Gasteiger partial charge in [-0.3, -0.25) is 9.69 Å². The normalized spacial score (nSPS) is 27.1. The molecule has 0 radical (unpaired) electrons. The van der Waals surface area contributed by atoms with Gasteiger partial charge in [0.15, 0.2) is 0 Å². The molecule has 1 N–H and O–H groups in total. The van der Waals surface area contributed by atoms with Gasteiger partial charge in [0.1, 0.15) is 0 Å². The number of carbonyl (C=O) groups excluding carboxylic acids is 1. The highest BCUT2D eigenvalue weighted by molar-refractivity contribution is 5.78. The Morgan fingerprint density at radius 2 is 2.18 bits per heavy atom. The first kappa shape index (κ1) is 12.8. The summed E-state index contributed by atoms with van der Waals surface area (Å²) in [5.74, 6) is 1.33. The molecule has 1 aliphatic heterocycles. The number of nitrogens with zero attached hydrogens (tertiary/aromatic N) is 2. The highest BCUT2D eigenvalue weighted by atomic mass is 16.3. The van der Waals surface area contributed by atoms with Gasteiger partial charge in [-0.2, -0.15) is 0 Å². The van der Waals surface area contributed by atoms with Gasteiger partial charge >= 0.3 is 0 Å². The Morgan fingerprint density at radius 1 is 1.47 bits per heavy atom. The standard InChI is InChI=1S/C13H24N2O2/c1-10(16)12-5-6-15(8-12)9-13(17)14(2)7-11-3-4-11/h10-12,16H,3-9H2,1-2H3. The molecule has 0 aromatic carbocycles. The molecule has 0 bridgehead atoms. The highest BCUT2D eigenvalue weighted by Crippen LogP contribution is 2.29. The Hall–Kier alpha value is -0.610. The SMILES string of the molecule is CC(O)C1CCN(CC(=O)N(C)CC2CC2)C1. The van der Waals surface area contributed by atoms with Crippen LogP contribution in [0.4, 0.5) is 0 Å². The molecule has 98 valence electrons. The van der Waals surface area contributed by atoms with Crippen molar-refractivity contribution in [3.8, 4) is 0 Å². The topological polar surface area (TPSA) is 43.8 Å². The lowest BCUT2D eigenvalue weighted by Gasteiger charge is -2.22. The summed E-state index contributed by atoms with van der Waals surface area (Å²) in [5, 5.41) is 9.52. The van der Waals surface area contributed by atoms with Crippen molar-refractivity contribution in [3.05, 3.63) is 0 Å². The van der Waals surface area contributed by atoms with Crippen molar-refractivity contribution in [2.45, 2.75) is 32.3 Å². The first-order valence-electron chi connectivity index (χ1n) is 6.70. The van der Waals surface area contributed by atoms with Gasteiger partial charge in [-0.05, 0) is 44.6 Å². The predicted molar refractivity (Wildman–Crippen MR) is 66.6 cm³/mol. The van der Waals surface area contributed by atoms with Gasteiger partial charge < -0.3 is 10.0 Å². The van der Waals surface area contributed by atoms with Crippen LogP contribution in [0.15, 0.2) is 0 Å². The fourth-order valence-corrected chi connectivity index (χ4v) is 2.50. The second kappa shape index (κ2) is 5.36. The fraction of sp³-hybridized carbons (Fsp3) is 0.923. The number of hydrogen-bond acceptors (Lipinski definition) is 3. The number of likely N-dealkylation sites (tertiary alicyclic amines) is 1. The largest absolute Gasteiger partial charge is 0.393 e. The summed E-state index contributed by atoms with van der Waals surface area (Å²) in [7, 11) is 1.91. The van der Waals surface area contributed by atoms with Gasteiger partial charge in [0.25, 0.3) is 0 Å². The highest BCUT2D eigenvalue weighted by Gasteiger charge is 2.29. The molecular weight excluding hydrogens is 216 g/mol. The minimum Gasteiger partial charge on any atom is -0.393 e. The Morgan fingerprint density at radius 3 is 2.71 bits per heavy atom. The number of aliphatic hydroxyl groups excluding tert-OH is 1. The molecule has 1 aliphatic carbocycles. The van der Waals surface area contributed by atoms with Crippen LogP contribution in [0.25, 0.3) is 0 Å². The minimum absolute atomic E-state index is 0.225. The van der Waals surface area contributed by atoms with Gasteiger partial charge in [-0.25, -0.2) is 0 Å². The number of likely N-dealkylation sites (N-methyl/N-ethyl adjacent to an activating group) is 1. The quantitative estimate of drug-likeness (QED) is 0.763. The van der Waals surface area contributed by atoms with Crippen molar-refractivity contribution in [2.75, 3.05) is 33.2 Å². The summed E-state index contributed by atoms with van der Waals surface area (Å²) in [6, 6.07) is 0. The first-order valence-corrected chi connectivity index (χ1v) is 6.70. The Bertz CT molecular complexity index is 277. The van der Waals surface area contributed by atoms with Gasteiger partial charge in [0, 0.05) is 20.1 Å². The molecule has 2 rings (SSSR count). The minimum atomic E-state index is -0.251. The van der Waals surface area contributed by atoms with Crippen LogP contribution in [-0.2, 0) is 4.79 Å². The second-order valence-corrected chi connectivity index (χ2v) is 5.74. The van der Waals surface area contributed by atoms with E-state index in [0.717, 1.165) is 32.0 Å². The van der Waals surface area contributed by atoms with Crippen LogP contribution in [0.2, 0.25) is 0 Å². The van der Waals surface area contributed by atoms with E-state index in [2.05, 4.69) is 4.90 Å². The summed E-state index contributed by atoms with van der Waals surface area (Å²) in [6.07, 6.45) is 3.33. The van der Waals surface area contributed by atoms with E-state index in [-0.39, 0.29) is 12.0 Å². The van der Waals surface area contributed by atoms with Crippen molar-refractivity contribution < 1.29 is 9.90 Å². The van der Waals surface area contributed by atoms with Crippen molar-refractivity contribution in [3.63, 3.8) is 0 Å². The van der Waals surface area contributed by atoms with E-state index < -0.39 is 0 Å². The number of aliphatic hydroxyl groups is 1. The van der Waals surface area contributed by atoms with E-state index in [1.807, 2.05) is 18.9 Å². The van der Waals surface area contributed by atoms with Crippen LogP contribution in [-0.4, -0.2) is 60.1 Å². The number of carbonyl (C=O) groups is 1. The third kappa shape index (κ3) is 3.68. The van der Waals surface area contributed by atoms with Crippen molar-refractivity contribution in [2.24, 2.45) is 11.8 Å². The lowest BCUT2D eigenvalue weighted by Crippen LogP contribution is -2.38. The summed E-state index contributed by atoms with van der Waals surface area (Å²) >= 11 is 0. The van der Waals surface area contributed by atoms with Crippen LogP contribution in [0.3, 0.4) is 0 Å². The smallest absolute Gasteiger partial charge is 0.236 e. The third-order valence-corrected chi connectivity index (χ3v) is 4.00. The zero-order chi connectivity index (χ0) is 12.4. The average Bonchev–Trinajstić information content (AvgIpc) is 2.94. The number of rotatable bonds is 5. The summed E-state index contributed by atoms with van der Waals surface area (Å²) in [4.78, 5) is 16.0. The molecule has 17 heavy (non-hydrogen) atoms. The molecular formula is C13H24N2O2. The third-order valence-electron chi connectivity index (χ3n) is 4.00. The van der Waals surface area contributed by atoms with Crippen molar-refractivity contribution in [1.29, 1.82) is 0 Å². The lowest BCUT2D eigenvalue weighted by atomic mass is 10.0. The van der Waals surface area contributed by atoms with E-state index in [4.69, 9.17) is 0 Å². The molecule has 1 saturated heterocycles. The summed E-state index contributed by atoms with van der Waals surface area (Å²) in [6.45, 7) is 5.09. The number of hydrogen-bond donors (Lipinski definition) is 1. The lowest BCUT2D eigenvalue weighted by molar-refractivity contribution is -0.131. The summed E-state index contributed by atoms with van der Waals surface area (Å²) in [5.41, 5.74) is 0. The van der Waals surface area contributed by atoms with E-state index in [9.17, 15) is 9.90 Å². The summed E-state index contributed by atoms with van der Waals surface area (Å²) < 4.78 is 0. The van der Waals surface area contributed by atoms with Crippen LogP contribution >= 0.6 is 0 Å². The molecule has 2 fully saturated rings. The zero-order valence-corrected chi connectivity index (χ0v) is 10.9. The van der Waals surface area contributed by atoms with Crippen LogP contribution in [0.5, 0.6) is 0 Å². The second-order valence-electron chi connectivity index (χ2n) is 5.74. The van der Waals surface area contributed by atoms with Crippen molar-refractivity contribution >= 4 is 5.91 Å². The maximum Gasteiger partial charge on any atom is 0.236 e. The monoisotopic (exact) mass is 240 g/mol. The maximum atomic E-state index is 12.0. The van der Waals surface area contributed by atoms with E-state index in [1.54, 1.807) is 0 Å². The zero-order valence-electron chi connectivity index (χ0n) is 10.9. The molecule has 2 aliphatic rings. The van der Waals surface area contributed by atoms with Gasteiger partial charge in [-0.15, -0.1) is 0 Å². The number of amides is 1. The Labute approximate surface area is 104 Å². The van der Waals surface area contributed by atoms with Gasteiger partial charge in [-0.1, -0.05) is 0 Å². The van der Waals surface area contributed by atoms with E-state index >= 15 is 0 Å². The molecule has 4 nitrogen and oxygen atoms in total. The molecule has 0 spiro atoms. The molecule has 4 heteroatoms. The van der Waals surface area contributed by atoms with Gasteiger partial charge in [0.2, 0.25) is 5.91 Å². The maximum absolute atomic E-state index is 12.0. The molecule has 0 aromatic heterocycles. The van der Waals surface area contributed by atoms with Crippen LogP contribution in [0.1, 0.15) is 26.2 Å². The molecule has 1 saturated carbocycles. The van der Waals surface area contributed by atoms with E-state index in [1.165, 1.54) is 12.8 Å². The van der Waals surface area contributed by atoms with Crippen LogP contribution in [0, 0.1) is 11.8 Å². The predicted octanol–water partition coefficient (Wildman–Crippen LogP) is 0.557. The van der Waals surface area contributed by atoms with Crippen LogP contribution < -0.4 is 0 Å². The Balaban J connectivity index is 1.71. The average molecular weight is 240 g/mol. The molecule has 2 unspecified atom stereocenters. The molecule has 1 heterocycles. The molecule has 0 aromatic rings.